The zero-order valence-corrected chi connectivity index (χ0v) is 15.0. The van der Waals surface area contributed by atoms with Crippen molar-refractivity contribution in [1.82, 2.24) is 24.4 Å². The standard InChI is InChI=1S/C17H16FN5O3S/c18-13-5-1-2-6-15(13)27(24,25)23-9-3-4-12(23)10-16-21-17(26-22-16)14-11-19-7-8-20-14/h1-2,5-8,11-12H,3-4,9-10H2. The number of hydrogen-bond acceptors (Lipinski definition) is 7. The van der Waals surface area contributed by atoms with E-state index in [0.717, 1.165) is 6.07 Å². The van der Waals surface area contributed by atoms with Crippen molar-refractivity contribution in [2.45, 2.75) is 30.2 Å². The fourth-order valence-corrected chi connectivity index (χ4v) is 4.93. The quantitative estimate of drug-likeness (QED) is 0.658. The van der Waals surface area contributed by atoms with E-state index in [-0.39, 0.29) is 23.2 Å². The van der Waals surface area contributed by atoms with Crippen molar-refractivity contribution in [2.24, 2.45) is 0 Å². The van der Waals surface area contributed by atoms with Gasteiger partial charge >= 0.3 is 0 Å². The molecule has 10 heteroatoms. The van der Waals surface area contributed by atoms with E-state index in [4.69, 9.17) is 4.52 Å². The van der Waals surface area contributed by atoms with Crippen LogP contribution in [-0.4, -0.2) is 45.4 Å². The van der Waals surface area contributed by atoms with Crippen LogP contribution >= 0.6 is 0 Å². The van der Waals surface area contributed by atoms with Gasteiger partial charge in [-0.05, 0) is 25.0 Å². The summed E-state index contributed by atoms with van der Waals surface area (Å²) < 4.78 is 46.3. The van der Waals surface area contributed by atoms with E-state index in [0.29, 0.717) is 30.9 Å². The van der Waals surface area contributed by atoms with Crippen molar-refractivity contribution < 1.29 is 17.3 Å². The molecule has 1 aromatic carbocycles. The fourth-order valence-electron chi connectivity index (χ4n) is 3.17. The molecule has 4 rings (SSSR count). The Hall–Kier alpha value is -2.72. The molecule has 0 amide bonds. The van der Waals surface area contributed by atoms with Gasteiger partial charge in [-0.2, -0.15) is 9.29 Å². The van der Waals surface area contributed by atoms with Gasteiger partial charge in [-0.3, -0.25) is 4.98 Å². The third-order valence-corrected chi connectivity index (χ3v) is 6.40. The Kier molecular flexibility index (Phi) is 4.66. The predicted molar refractivity (Wildman–Crippen MR) is 92.3 cm³/mol. The van der Waals surface area contributed by atoms with Crippen LogP contribution in [0, 0.1) is 5.82 Å². The molecule has 0 N–H and O–H groups in total. The maximum Gasteiger partial charge on any atom is 0.278 e. The second-order valence-corrected chi connectivity index (χ2v) is 8.01. The van der Waals surface area contributed by atoms with Crippen LogP contribution in [0.3, 0.4) is 0 Å². The number of aromatic nitrogens is 4. The van der Waals surface area contributed by atoms with E-state index in [1.54, 1.807) is 0 Å². The van der Waals surface area contributed by atoms with Gasteiger partial charge in [0.05, 0.1) is 6.20 Å². The lowest BCUT2D eigenvalue weighted by molar-refractivity contribution is 0.368. The normalized spacial score (nSPS) is 18.0. The number of rotatable bonds is 5. The van der Waals surface area contributed by atoms with Gasteiger partial charge in [0, 0.05) is 31.4 Å². The number of hydrogen-bond donors (Lipinski definition) is 0. The van der Waals surface area contributed by atoms with E-state index < -0.39 is 15.8 Å². The summed E-state index contributed by atoms with van der Waals surface area (Å²) in [4.78, 5) is 12.0. The Bertz CT molecular complexity index is 1040. The molecule has 8 nitrogen and oxygen atoms in total. The summed E-state index contributed by atoms with van der Waals surface area (Å²) in [5.74, 6) is -0.163. The van der Waals surface area contributed by atoms with Gasteiger partial charge in [-0.25, -0.2) is 17.8 Å². The zero-order chi connectivity index (χ0) is 18.9. The van der Waals surface area contributed by atoms with Crippen LogP contribution in [0.25, 0.3) is 11.6 Å². The average molecular weight is 389 g/mol. The van der Waals surface area contributed by atoms with Gasteiger partial charge in [0.1, 0.15) is 16.4 Å². The number of nitrogens with zero attached hydrogens (tertiary/aromatic N) is 5. The van der Waals surface area contributed by atoms with E-state index in [9.17, 15) is 12.8 Å². The van der Waals surface area contributed by atoms with Crippen LogP contribution in [0.15, 0.2) is 52.3 Å². The van der Waals surface area contributed by atoms with Crippen LogP contribution in [0.5, 0.6) is 0 Å². The van der Waals surface area contributed by atoms with Gasteiger partial charge < -0.3 is 4.52 Å². The molecule has 27 heavy (non-hydrogen) atoms. The van der Waals surface area contributed by atoms with E-state index in [1.807, 2.05) is 0 Å². The van der Waals surface area contributed by atoms with Crippen LogP contribution < -0.4 is 0 Å². The minimum absolute atomic E-state index is 0.222. The molecule has 140 valence electrons. The first-order chi connectivity index (χ1) is 13.1. The summed E-state index contributed by atoms with van der Waals surface area (Å²) in [6, 6.07) is 5.03. The minimum atomic E-state index is -3.93. The Balaban J connectivity index is 1.56. The molecule has 1 atom stereocenters. The molecule has 0 spiro atoms. The van der Waals surface area contributed by atoms with Crippen molar-refractivity contribution in [2.75, 3.05) is 6.54 Å². The summed E-state index contributed by atoms with van der Waals surface area (Å²) in [7, 11) is -3.93. The van der Waals surface area contributed by atoms with Crippen molar-refractivity contribution in [3.05, 3.63) is 54.5 Å². The molecule has 1 aliphatic rings. The number of sulfonamides is 1. The van der Waals surface area contributed by atoms with Crippen molar-refractivity contribution >= 4 is 10.0 Å². The highest BCUT2D eigenvalue weighted by Crippen LogP contribution is 2.29. The third-order valence-electron chi connectivity index (χ3n) is 4.41. The fraction of sp³-hybridized carbons (Fsp3) is 0.294. The first kappa shape index (κ1) is 17.7. The number of benzene rings is 1. The van der Waals surface area contributed by atoms with Gasteiger partial charge in [0.2, 0.25) is 10.0 Å². The predicted octanol–water partition coefficient (Wildman–Crippen LogP) is 2.06. The van der Waals surface area contributed by atoms with Gasteiger partial charge in [0.25, 0.3) is 5.89 Å². The molecule has 0 bridgehead atoms. The zero-order valence-electron chi connectivity index (χ0n) is 14.2. The summed E-state index contributed by atoms with van der Waals surface area (Å²) in [5.41, 5.74) is 0.443. The topological polar surface area (TPSA) is 102 Å². The lowest BCUT2D eigenvalue weighted by Gasteiger charge is -2.23. The molecule has 0 radical (unpaired) electrons. The molecule has 1 aliphatic heterocycles. The van der Waals surface area contributed by atoms with Crippen molar-refractivity contribution in [1.29, 1.82) is 0 Å². The minimum Gasteiger partial charge on any atom is -0.332 e. The molecule has 1 fully saturated rings. The third kappa shape index (κ3) is 3.45. The Morgan fingerprint density at radius 2 is 2.11 bits per heavy atom. The summed E-state index contributed by atoms with van der Waals surface area (Å²) in [6.45, 7) is 0.330. The van der Waals surface area contributed by atoms with Gasteiger partial charge in [0.15, 0.2) is 5.82 Å². The molecule has 0 aliphatic carbocycles. The first-order valence-corrected chi connectivity index (χ1v) is 9.85. The van der Waals surface area contributed by atoms with Crippen LogP contribution in [-0.2, 0) is 16.4 Å². The highest BCUT2D eigenvalue weighted by molar-refractivity contribution is 7.89. The molecule has 3 heterocycles. The SMILES string of the molecule is O=S(=O)(c1ccccc1F)N1CCCC1Cc1noc(-c2cnccn2)n1. The molecular formula is C17H16FN5O3S. The van der Waals surface area contributed by atoms with E-state index >= 15 is 0 Å². The van der Waals surface area contributed by atoms with Gasteiger partial charge in [-0.1, -0.05) is 17.3 Å². The van der Waals surface area contributed by atoms with E-state index in [2.05, 4.69) is 20.1 Å². The summed E-state index contributed by atoms with van der Waals surface area (Å²) >= 11 is 0. The monoisotopic (exact) mass is 389 g/mol. The molecule has 0 saturated carbocycles. The van der Waals surface area contributed by atoms with E-state index in [1.165, 1.54) is 41.1 Å². The maximum atomic E-state index is 14.0. The van der Waals surface area contributed by atoms with Gasteiger partial charge in [-0.15, -0.1) is 0 Å². The first-order valence-electron chi connectivity index (χ1n) is 8.41. The lowest BCUT2D eigenvalue weighted by Crippen LogP contribution is -2.37. The second kappa shape index (κ2) is 7.12. The Morgan fingerprint density at radius 1 is 1.26 bits per heavy atom. The highest BCUT2D eigenvalue weighted by atomic mass is 32.2. The van der Waals surface area contributed by atoms with Crippen molar-refractivity contribution in [3.8, 4) is 11.6 Å². The smallest absolute Gasteiger partial charge is 0.278 e. The van der Waals surface area contributed by atoms with Crippen LogP contribution in [0.4, 0.5) is 4.39 Å². The van der Waals surface area contributed by atoms with Crippen LogP contribution in [0.2, 0.25) is 0 Å². The summed E-state index contributed by atoms with van der Waals surface area (Å²) in [5, 5.41) is 3.91. The average Bonchev–Trinajstić information content (AvgIpc) is 3.33. The maximum absolute atomic E-state index is 14.0. The lowest BCUT2D eigenvalue weighted by atomic mass is 10.1. The Labute approximate surface area is 155 Å². The second-order valence-electron chi connectivity index (χ2n) is 6.15. The molecule has 2 aromatic heterocycles. The number of halogens is 1. The van der Waals surface area contributed by atoms with Crippen LogP contribution in [0.1, 0.15) is 18.7 Å². The van der Waals surface area contributed by atoms with Crippen molar-refractivity contribution in [3.63, 3.8) is 0 Å². The molecule has 1 saturated heterocycles. The largest absolute Gasteiger partial charge is 0.332 e. The Morgan fingerprint density at radius 3 is 2.89 bits per heavy atom. The molecular weight excluding hydrogens is 373 g/mol. The summed E-state index contributed by atoms with van der Waals surface area (Å²) in [6.07, 6.45) is 6.15. The highest BCUT2D eigenvalue weighted by Gasteiger charge is 2.37. The molecule has 3 aromatic rings. The molecule has 1 unspecified atom stereocenters.